The maximum atomic E-state index is 12.1. The Kier molecular flexibility index (Phi) is 2.45. The second kappa shape index (κ2) is 3.89. The summed E-state index contributed by atoms with van der Waals surface area (Å²) in [4.78, 5) is 17.8. The van der Waals surface area contributed by atoms with Crippen LogP contribution < -0.4 is 5.43 Å². The lowest BCUT2D eigenvalue weighted by Crippen LogP contribution is -2.13. The van der Waals surface area contributed by atoms with Crippen molar-refractivity contribution in [3.63, 3.8) is 0 Å². The van der Waals surface area contributed by atoms with Crippen LogP contribution in [0.2, 0.25) is 0 Å². The third kappa shape index (κ3) is 1.47. The molecule has 3 heteroatoms. The number of hydrogen-bond acceptors (Lipinski definition) is 3. The molecule has 0 amide bonds. The van der Waals surface area contributed by atoms with Crippen LogP contribution in [0.25, 0.3) is 20.8 Å². The minimum atomic E-state index is 0.147. The molecule has 0 saturated heterocycles. The molecule has 2 aliphatic rings. The van der Waals surface area contributed by atoms with Crippen LogP contribution in [0.4, 0.5) is 0 Å². The molecule has 18 heavy (non-hydrogen) atoms. The number of nitrogens with zero attached hydrogens (tertiary/aromatic N) is 1. The zero-order chi connectivity index (χ0) is 12.9. The molecule has 2 nitrogen and oxygen atoms in total. The monoisotopic (exact) mass is 255 g/mol. The molecule has 0 unspecified atom stereocenters. The molecule has 0 N–H and O–H groups in total. The Morgan fingerprint density at radius 1 is 1.00 bits per heavy atom. The van der Waals surface area contributed by atoms with Crippen LogP contribution in [0.15, 0.2) is 29.1 Å². The van der Waals surface area contributed by atoms with Gasteiger partial charge in [-0.15, -0.1) is 11.3 Å². The molecule has 0 bridgehead atoms. The number of aromatic nitrogens is 1. The Labute approximate surface area is 109 Å². The molecule has 0 fully saturated rings. The van der Waals surface area contributed by atoms with E-state index in [1.54, 1.807) is 11.3 Å². The van der Waals surface area contributed by atoms with Crippen molar-refractivity contribution >= 4 is 21.6 Å². The molecule has 90 valence electrons. The highest BCUT2D eigenvalue weighted by Gasteiger charge is 2.17. The van der Waals surface area contributed by atoms with E-state index in [2.05, 4.69) is 0 Å². The molecule has 1 aliphatic heterocycles. The van der Waals surface area contributed by atoms with E-state index in [1.165, 1.54) is 0 Å². The van der Waals surface area contributed by atoms with Crippen molar-refractivity contribution in [1.29, 1.82) is 0 Å². The van der Waals surface area contributed by atoms with Gasteiger partial charge in [0.05, 0.1) is 20.8 Å². The second-order valence-electron chi connectivity index (χ2n) is 4.56. The van der Waals surface area contributed by atoms with E-state index in [1.807, 2.05) is 45.0 Å². The third-order valence-electron chi connectivity index (χ3n) is 3.46. The number of benzene rings is 2. The minimum absolute atomic E-state index is 0.147. The lowest BCUT2D eigenvalue weighted by molar-refractivity contribution is 1.21. The van der Waals surface area contributed by atoms with Gasteiger partial charge in [-0.05, 0) is 38.5 Å². The highest BCUT2D eigenvalue weighted by atomic mass is 32.1. The van der Waals surface area contributed by atoms with Crippen LogP contribution in [0.1, 0.15) is 16.7 Å². The maximum Gasteiger partial charge on any atom is 0.186 e. The Hall–Kier alpha value is -1.74. The molecule has 1 aromatic rings. The van der Waals surface area contributed by atoms with Gasteiger partial charge >= 0.3 is 0 Å². The quantitative estimate of drug-likeness (QED) is 0.573. The summed E-state index contributed by atoms with van der Waals surface area (Å²) >= 11 is 1.65. The first kappa shape index (κ1) is 11.4. The SMILES string of the molecule is Cc1c2nc3ccccc3sc-2c(C)c(=O)c1C. The summed E-state index contributed by atoms with van der Waals surface area (Å²) in [5.74, 6) is 0. The van der Waals surface area contributed by atoms with Crippen LogP contribution in [-0.4, -0.2) is 4.98 Å². The zero-order valence-corrected chi connectivity index (χ0v) is 11.4. The van der Waals surface area contributed by atoms with E-state index in [4.69, 9.17) is 4.98 Å². The predicted octanol–water partition coefficient (Wildman–Crippen LogP) is 3.69. The topological polar surface area (TPSA) is 30.0 Å². The molecular weight excluding hydrogens is 242 g/mol. The third-order valence-corrected chi connectivity index (χ3v) is 4.73. The van der Waals surface area contributed by atoms with Gasteiger partial charge in [-0.25, -0.2) is 4.98 Å². The van der Waals surface area contributed by atoms with Crippen LogP contribution in [0.3, 0.4) is 0 Å². The minimum Gasteiger partial charge on any atom is -0.289 e. The number of para-hydroxylation sites is 1. The van der Waals surface area contributed by atoms with Crippen molar-refractivity contribution < 1.29 is 0 Å². The summed E-state index contributed by atoms with van der Waals surface area (Å²) in [7, 11) is 0. The first-order chi connectivity index (χ1) is 8.59. The van der Waals surface area contributed by atoms with Crippen LogP contribution in [0, 0.1) is 20.8 Å². The van der Waals surface area contributed by atoms with E-state index >= 15 is 0 Å². The fourth-order valence-electron chi connectivity index (χ4n) is 2.21. The van der Waals surface area contributed by atoms with Crippen molar-refractivity contribution in [2.75, 3.05) is 0 Å². The highest BCUT2D eigenvalue weighted by Crippen LogP contribution is 2.34. The lowest BCUT2D eigenvalue weighted by atomic mass is 10.0. The lowest BCUT2D eigenvalue weighted by Gasteiger charge is -2.13. The van der Waals surface area contributed by atoms with E-state index in [-0.39, 0.29) is 5.43 Å². The smallest absolute Gasteiger partial charge is 0.186 e. The number of fused-ring (bicyclic) bond motifs is 2. The van der Waals surface area contributed by atoms with Gasteiger partial charge in [-0.3, -0.25) is 4.79 Å². The van der Waals surface area contributed by atoms with Crippen molar-refractivity contribution in [2.45, 2.75) is 20.8 Å². The number of rotatable bonds is 0. The fraction of sp³-hybridized carbons (Fsp3) is 0.200. The van der Waals surface area contributed by atoms with Crippen LogP contribution in [-0.2, 0) is 0 Å². The first-order valence-corrected chi connectivity index (χ1v) is 6.70. The van der Waals surface area contributed by atoms with Gasteiger partial charge < -0.3 is 0 Å². The average molecular weight is 255 g/mol. The summed E-state index contributed by atoms with van der Waals surface area (Å²) in [6.45, 7) is 5.75. The zero-order valence-electron chi connectivity index (χ0n) is 10.6. The summed E-state index contributed by atoms with van der Waals surface area (Å²) in [5.41, 5.74) is 4.74. The van der Waals surface area contributed by atoms with Gasteiger partial charge in [0, 0.05) is 11.1 Å². The largest absolute Gasteiger partial charge is 0.289 e. The van der Waals surface area contributed by atoms with Crippen molar-refractivity contribution in [2.24, 2.45) is 0 Å². The molecule has 1 aromatic carbocycles. The summed E-state index contributed by atoms with van der Waals surface area (Å²) in [6.07, 6.45) is 0. The molecule has 0 atom stereocenters. The van der Waals surface area contributed by atoms with Crippen molar-refractivity contribution in [3.8, 4) is 10.6 Å². The standard InChI is InChI=1S/C15H13NOS/c1-8-9(2)14(17)10(3)15-13(8)16-11-6-4-5-7-12(11)18-15/h4-7H,1-3H3. The highest BCUT2D eigenvalue weighted by molar-refractivity contribution is 7.21. The van der Waals surface area contributed by atoms with Crippen molar-refractivity contribution in [3.05, 3.63) is 51.2 Å². The Bertz CT molecular complexity index is 789. The predicted molar refractivity (Wildman–Crippen MR) is 76.7 cm³/mol. The van der Waals surface area contributed by atoms with E-state index < -0.39 is 0 Å². The normalized spacial score (nSPS) is 11.3. The molecule has 1 aliphatic carbocycles. The van der Waals surface area contributed by atoms with Gasteiger partial charge in [0.15, 0.2) is 5.43 Å². The molecular formula is C15H13NOS. The van der Waals surface area contributed by atoms with Gasteiger partial charge in [0.25, 0.3) is 0 Å². The number of hydrogen-bond donors (Lipinski definition) is 0. The Morgan fingerprint density at radius 2 is 1.72 bits per heavy atom. The molecule has 0 saturated carbocycles. The first-order valence-electron chi connectivity index (χ1n) is 5.89. The molecule has 3 rings (SSSR count). The van der Waals surface area contributed by atoms with Crippen LogP contribution >= 0.6 is 11.3 Å². The van der Waals surface area contributed by atoms with Gasteiger partial charge in [0.2, 0.25) is 0 Å². The van der Waals surface area contributed by atoms with E-state index in [9.17, 15) is 4.79 Å². The Morgan fingerprint density at radius 3 is 2.50 bits per heavy atom. The van der Waals surface area contributed by atoms with Gasteiger partial charge in [-0.1, -0.05) is 12.1 Å². The van der Waals surface area contributed by atoms with E-state index in [0.29, 0.717) is 0 Å². The van der Waals surface area contributed by atoms with Gasteiger partial charge in [-0.2, -0.15) is 0 Å². The molecule has 1 heterocycles. The van der Waals surface area contributed by atoms with Crippen molar-refractivity contribution in [1.82, 2.24) is 4.98 Å². The summed E-state index contributed by atoms with van der Waals surface area (Å²) in [6, 6.07) is 8.05. The second-order valence-corrected chi connectivity index (χ2v) is 5.62. The molecule has 0 aromatic heterocycles. The molecule has 0 radical (unpaired) electrons. The summed E-state index contributed by atoms with van der Waals surface area (Å²) in [5, 5.41) is 0. The van der Waals surface area contributed by atoms with E-state index in [0.717, 1.165) is 37.5 Å². The summed E-state index contributed by atoms with van der Waals surface area (Å²) < 4.78 is 1.12. The maximum absolute atomic E-state index is 12.1. The van der Waals surface area contributed by atoms with Crippen LogP contribution in [0.5, 0.6) is 0 Å². The average Bonchev–Trinajstić information content (AvgIpc) is 2.41. The molecule has 0 spiro atoms. The van der Waals surface area contributed by atoms with Gasteiger partial charge in [0.1, 0.15) is 0 Å². The Balaban J connectivity index is 2.58. The fourth-order valence-corrected chi connectivity index (χ4v) is 3.33.